The maximum atomic E-state index is 10.3. The molecule has 512 valence electrons. The molecule has 0 rings (SSSR count). The van der Waals surface area contributed by atoms with Crippen LogP contribution in [-0.2, 0) is 19.2 Å². The molecule has 15 heteroatoms. The van der Waals surface area contributed by atoms with E-state index in [9.17, 15) is 34.5 Å². The molecule has 0 unspecified atom stereocenters. The van der Waals surface area contributed by atoms with E-state index in [-0.39, 0.29) is 71.9 Å². The smallest absolute Gasteiger partial charge is 0.550 e. The Kier molecular flexibility index (Phi) is 106. The fourth-order valence-corrected chi connectivity index (χ4v) is 10.6. The summed E-state index contributed by atoms with van der Waals surface area (Å²) in [5.41, 5.74) is 0. The summed E-state index contributed by atoms with van der Waals surface area (Å²) in [4.78, 5) is 70.3. The third-order valence-corrected chi connectivity index (χ3v) is 15.9. The second kappa shape index (κ2) is 92.1. The van der Waals surface area contributed by atoms with Crippen LogP contribution in [0.3, 0.4) is 0 Å². The third-order valence-electron chi connectivity index (χ3n) is 15.9. The van der Waals surface area contributed by atoms with Crippen molar-refractivity contribution in [2.75, 3.05) is 0 Å². The average molecular weight is 1280 g/mol. The fraction of sp³-hybridized carbons (Fsp3) is 0.944. The Balaban J connectivity index is -0.000000189. The van der Waals surface area contributed by atoms with Gasteiger partial charge in [-0.3, -0.25) is 4.79 Å². The van der Waals surface area contributed by atoms with Gasteiger partial charge in [-0.1, -0.05) is 387 Å². The number of aliphatic carboxylic acids is 4. The molecule has 0 saturated carbocycles. The Morgan fingerprint density at radius 3 is 0.414 bits per heavy atom. The predicted molar refractivity (Wildman–Crippen MR) is 361 cm³/mol. The summed E-state index contributed by atoms with van der Waals surface area (Å²) in [7, 11) is -4.61. The summed E-state index contributed by atoms with van der Waals surface area (Å²) < 4.78 is 0. The largest absolute Gasteiger partial charge is 2.00 e. The van der Waals surface area contributed by atoms with Crippen molar-refractivity contribution in [3.05, 3.63) is 0 Å². The molecule has 5 N–H and O–H groups in total. The SMILES string of the molecule is CCCCCCCCCCCCCCCCCC(=O)O.CCCCCCCCCCCCCCCCCC(=O)[O-].CCCCCCCCCCCCCCCCCC(=O)[O-].CCCCCCCCCCCCCCCCCC(=O)[O-].O[Si](O)(O)O.[Mg+2].[Na+]. The molecule has 0 heterocycles. The number of carboxylic acids is 4. The van der Waals surface area contributed by atoms with E-state index in [1.807, 2.05) is 0 Å². The Morgan fingerprint density at radius 2 is 0.322 bits per heavy atom. The van der Waals surface area contributed by atoms with Gasteiger partial charge in [-0.05, 0) is 44.9 Å². The van der Waals surface area contributed by atoms with Crippen molar-refractivity contribution < 1.29 is 88.3 Å². The number of rotatable bonds is 64. The van der Waals surface area contributed by atoms with E-state index in [0.29, 0.717) is 6.42 Å². The fourth-order valence-electron chi connectivity index (χ4n) is 10.6. The molecule has 0 aliphatic heterocycles. The quantitative estimate of drug-likeness (QED) is 0.0282. The number of carboxylic acid groups (broad SMARTS) is 4. The minimum absolute atomic E-state index is 0. The van der Waals surface area contributed by atoms with Gasteiger partial charge in [-0.15, -0.1) is 0 Å². The zero-order valence-corrected chi connectivity index (χ0v) is 63.0. The zero-order valence-electron chi connectivity index (χ0n) is 58.6. The van der Waals surface area contributed by atoms with Gasteiger partial charge in [-0.25, -0.2) is 0 Å². The molecule has 12 nitrogen and oxygen atoms in total. The molecule has 0 aromatic heterocycles. The summed E-state index contributed by atoms with van der Waals surface area (Å²) in [5, 5.41) is 39.2. The first kappa shape index (κ1) is 100. The summed E-state index contributed by atoms with van der Waals surface area (Å²) in [6.07, 6.45) is 79.8. The normalized spacial score (nSPS) is 10.7. The molecule has 0 amide bonds. The van der Waals surface area contributed by atoms with Gasteiger partial charge in [-0.2, -0.15) is 0 Å². The van der Waals surface area contributed by atoms with E-state index >= 15 is 0 Å². The van der Waals surface area contributed by atoms with Crippen molar-refractivity contribution in [2.24, 2.45) is 0 Å². The van der Waals surface area contributed by atoms with Gasteiger partial charge >= 0.3 is 67.6 Å². The first-order valence-electron chi connectivity index (χ1n) is 36.8. The summed E-state index contributed by atoms with van der Waals surface area (Å²) in [5.74, 6) is -3.36. The van der Waals surface area contributed by atoms with Crippen LogP contribution in [0.1, 0.15) is 439 Å². The van der Waals surface area contributed by atoms with Gasteiger partial charge in [0.05, 0.1) is 0 Å². The van der Waals surface area contributed by atoms with Crippen LogP contribution >= 0.6 is 0 Å². The number of carbonyl (C=O) groups excluding carboxylic acids is 3. The molecule has 0 aliphatic carbocycles. The van der Waals surface area contributed by atoms with Crippen LogP contribution in [0.2, 0.25) is 0 Å². The average Bonchev–Trinajstić information content (AvgIpc) is 3.45. The molecule has 87 heavy (non-hydrogen) atoms. The molecule has 0 spiro atoms. The van der Waals surface area contributed by atoms with Crippen molar-refractivity contribution >= 4 is 56.0 Å². The van der Waals surface area contributed by atoms with Gasteiger partial charge < -0.3 is 54.0 Å². The molecule has 0 radical (unpaired) electrons. The van der Waals surface area contributed by atoms with Crippen molar-refractivity contribution in [1.82, 2.24) is 0 Å². The molecular formula is C72H145MgNaO12Si. The number of hydrogen-bond donors (Lipinski definition) is 5. The van der Waals surface area contributed by atoms with Crippen LogP contribution in [-0.4, -0.2) is 80.3 Å². The first-order chi connectivity index (χ1) is 41.1. The summed E-state index contributed by atoms with van der Waals surface area (Å²) in [6.45, 7) is 9.07. The zero-order chi connectivity index (χ0) is 64.1. The molecule has 0 aromatic rings. The molecule has 0 aliphatic rings. The maximum Gasteiger partial charge on any atom is 2.00 e. The second-order valence-electron chi connectivity index (χ2n) is 24.9. The second-order valence-corrected chi connectivity index (χ2v) is 26.1. The van der Waals surface area contributed by atoms with Crippen LogP contribution in [0.5, 0.6) is 0 Å². The predicted octanol–water partition coefficient (Wildman–Crippen LogP) is 15.3. The Morgan fingerprint density at radius 1 is 0.230 bits per heavy atom. The standard InChI is InChI=1S/4C18H36O2.Mg.Na.H4O4Si/c4*1-2-3-4-5-6-7-8-9-10-11-12-13-14-15-16-17-18(19)20;;;1-5(2,3)4/h4*2-17H2,1H3,(H,19,20);;;1-4H/q;;;;+2;+1;/p-3. The number of carbonyl (C=O) groups is 4. The van der Waals surface area contributed by atoms with E-state index in [0.717, 1.165) is 51.4 Å². The minimum Gasteiger partial charge on any atom is -0.550 e. The van der Waals surface area contributed by atoms with Crippen molar-refractivity contribution in [3.8, 4) is 0 Å². The van der Waals surface area contributed by atoms with Crippen molar-refractivity contribution in [1.29, 1.82) is 0 Å². The van der Waals surface area contributed by atoms with Crippen LogP contribution in [0, 0.1) is 0 Å². The van der Waals surface area contributed by atoms with Gasteiger partial charge in [0.1, 0.15) is 0 Å². The molecule has 0 bridgehead atoms. The van der Waals surface area contributed by atoms with Crippen LogP contribution in [0.15, 0.2) is 0 Å². The monoisotopic (exact) mass is 1280 g/mol. The topological polar surface area (TPSA) is 239 Å². The van der Waals surface area contributed by atoms with Crippen LogP contribution in [0.25, 0.3) is 0 Å². The van der Waals surface area contributed by atoms with Crippen molar-refractivity contribution in [2.45, 2.75) is 439 Å². The number of unbranched alkanes of at least 4 members (excludes halogenated alkanes) is 56. The Bertz CT molecular complexity index is 1100. The van der Waals surface area contributed by atoms with E-state index in [1.54, 1.807) is 0 Å². The molecule has 0 saturated heterocycles. The van der Waals surface area contributed by atoms with E-state index in [2.05, 4.69) is 27.7 Å². The van der Waals surface area contributed by atoms with Gasteiger partial charge in [0.15, 0.2) is 0 Å². The van der Waals surface area contributed by atoms with E-state index < -0.39 is 32.9 Å². The van der Waals surface area contributed by atoms with Gasteiger partial charge in [0.2, 0.25) is 0 Å². The van der Waals surface area contributed by atoms with Gasteiger partial charge in [0, 0.05) is 24.3 Å². The molecule has 0 aromatic carbocycles. The summed E-state index contributed by atoms with van der Waals surface area (Å²) >= 11 is 0. The first-order valence-corrected chi connectivity index (χ1v) is 38.6. The molecule has 0 fully saturated rings. The Labute approximate surface area is 578 Å². The van der Waals surface area contributed by atoms with E-state index in [1.165, 1.54) is 334 Å². The third kappa shape index (κ3) is 131. The number of hydrogen-bond acceptors (Lipinski definition) is 11. The summed E-state index contributed by atoms with van der Waals surface area (Å²) in [6, 6.07) is 0. The van der Waals surface area contributed by atoms with Crippen molar-refractivity contribution in [3.63, 3.8) is 0 Å². The molecular weight excluding hydrogens is 1130 g/mol. The minimum atomic E-state index is -4.61. The Hall–Kier alpha value is -0.297. The van der Waals surface area contributed by atoms with Crippen LogP contribution < -0.4 is 44.9 Å². The van der Waals surface area contributed by atoms with E-state index in [4.69, 9.17) is 24.3 Å². The molecule has 0 atom stereocenters. The maximum absolute atomic E-state index is 10.3. The van der Waals surface area contributed by atoms with Crippen LogP contribution in [0.4, 0.5) is 0 Å². The van der Waals surface area contributed by atoms with Gasteiger partial charge in [0.25, 0.3) is 0 Å².